The molecule has 5 amide bonds. The number of nitrogens with one attached hydrogen (secondary N) is 5. The molecular formula is C54H57Cl4N15O4S2. The first-order chi connectivity index (χ1) is 38.1. The number of para-hydroxylation sites is 2. The summed E-state index contributed by atoms with van der Waals surface area (Å²) < 4.78 is 0. The van der Waals surface area contributed by atoms with Crippen molar-refractivity contribution in [2.45, 2.75) is 67.8 Å². The topological polar surface area (TPSA) is 199 Å². The monoisotopic (exact) mass is 1180 g/mol. The van der Waals surface area contributed by atoms with Gasteiger partial charge in [-0.05, 0) is 119 Å². The van der Waals surface area contributed by atoms with E-state index < -0.39 is 6.03 Å². The van der Waals surface area contributed by atoms with Crippen LogP contribution in [0.15, 0.2) is 95.2 Å². The summed E-state index contributed by atoms with van der Waals surface area (Å²) in [5.41, 5.74) is 9.11. The van der Waals surface area contributed by atoms with Gasteiger partial charge in [0.05, 0.1) is 60.0 Å². The summed E-state index contributed by atoms with van der Waals surface area (Å²) in [7, 11) is 6.18. The highest BCUT2D eigenvalue weighted by Gasteiger charge is 2.34. The summed E-state index contributed by atoms with van der Waals surface area (Å²) in [5.74, 6) is -0.0988. The number of carbonyl (C=O) groups is 4. The lowest BCUT2D eigenvalue weighted by atomic mass is 10.0. The van der Waals surface area contributed by atoms with Crippen LogP contribution in [0.3, 0.4) is 0 Å². The van der Waals surface area contributed by atoms with E-state index in [0.29, 0.717) is 70.5 Å². The quantitative estimate of drug-likeness (QED) is 0.0480. The number of anilines is 8. The summed E-state index contributed by atoms with van der Waals surface area (Å²) in [6.07, 6.45) is 6.75. The number of benzene rings is 4. The van der Waals surface area contributed by atoms with Crippen LogP contribution in [0.5, 0.6) is 0 Å². The molecule has 19 nitrogen and oxygen atoms in total. The predicted molar refractivity (Wildman–Crippen MR) is 316 cm³/mol. The van der Waals surface area contributed by atoms with E-state index in [9.17, 15) is 19.2 Å². The highest BCUT2D eigenvalue weighted by molar-refractivity contribution is 7.99. The minimum Gasteiger partial charge on any atom is -0.371 e. The molecule has 0 radical (unpaired) electrons. The molecule has 4 aliphatic rings. The number of fused-ring (bicyclic) bond motifs is 2. The maximum Gasteiger partial charge on any atom is 0.334 e. The van der Waals surface area contributed by atoms with Gasteiger partial charge in [0, 0.05) is 87.7 Å². The third-order valence-corrected chi connectivity index (χ3v) is 17.5. The molecule has 2 aromatic heterocycles. The Kier molecular flexibility index (Phi) is 17.4. The zero-order chi connectivity index (χ0) is 55.5. The number of hydrogen-bond donors (Lipinski definition) is 5. The van der Waals surface area contributed by atoms with Gasteiger partial charge in [-0.3, -0.25) is 24.2 Å². The average Bonchev–Trinajstić information content (AvgIpc) is 3.49. The fourth-order valence-corrected chi connectivity index (χ4v) is 13.2. The SMILES string of the molecule is CNC1CCN(c2ccc(Nc3ncc4c(n3)SCN(c3c(Cl)cccc3Cl)C4=O)cc2CNC(=O)NN(c2ccc(N3CCC(N(C)C)CC3)c(CNC(C)=O)c2)c2ncc3c(n2)SCN(c2c(Cl)cccc2Cl)C3=O)CC1. The highest BCUT2D eigenvalue weighted by atomic mass is 35.5. The highest BCUT2D eigenvalue weighted by Crippen LogP contribution is 2.42. The third kappa shape index (κ3) is 12.4. The third-order valence-electron chi connectivity index (χ3n) is 14.3. The van der Waals surface area contributed by atoms with E-state index in [1.165, 1.54) is 57.6 Å². The van der Waals surface area contributed by atoms with E-state index in [2.05, 4.69) is 60.5 Å². The van der Waals surface area contributed by atoms with Crippen molar-refractivity contribution < 1.29 is 19.2 Å². The Labute approximate surface area is 486 Å². The number of hydrazine groups is 1. The second kappa shape index (κ2) is 24.6. The van der Waals surface area contributed by atoms with Crippen molar-refractivity contribution in [3.8, 4) is 0 Å². The van der Waals surface area contributed by atoms with Gasteiger partial charge in [0.1, 0.15) is 10.1 Å². The van der Waals surface area contributed by atoms with Crippen molar-refractivity contribution in [1.29, 1.82) is 0 Å². The van der Waals surface area contributed by atoms with E-state index in [1.807, 2.05) is 43.4 Å². The second-order valence-corrected chi connectivity index (χ2v) is 23.0. The Hall–Kier alpha value is -6.30. The van der Waals surface area contributed by atoms with Crippen molar-refractivity contribution in [3.05, 3.63) is 128 Å². The van der Waals surface area contributed by atoms with Crippen LogP contribution in [0.2, 0.25) is 20.1 Å². The molecular weight excluding hydrogens is 1130 g/mol. The summed E-state index contributed by atoms with van der Waals surface area (Å²) in [6, 6.07) is 22.1. The van der Waals surface area contributed by atoms with Gasteiger partial charge < -0.3 is 36.0 Å². The van der Waals surface area contributed by atoms with Crippen molar-refractivity contribution in [2.75, 3.05) is 89.0 Å². The van der Waals surface area contributed by atoms with Crippen molar-refractivity contribution in [1.82, 2.24) is 46.2 Å². The van der Waals surface area contributed by atoms with Crippen LogP contribution in [0.4, 0.5) is 50.8 Å². The van der Waals surface area contributed by atoms with E-state index in [1.54, 1.807) is 36.4 Å². The Morgan fingerprint density at radius 1 is 0.684 bits per heavy atom. The zero-order valence-corrected chi connectivity index (χ0v) is 48.3. The molecule has 5 N–H and O–H groups in total. The number of rotatable bonds is 15. The lowest BCUT2D eigenvalue weighted by Gasteiger charge is -2.37. The molecule has 0 bridgehead atoms. The zero-order valence-electron chi connectivity index (χ0n) is 43.7. The number of piperidine rings is 2. The largest absolute Gasteiger partial charge is 0.371 e. The normalized spacial score (nSPS) is 16.0. The molecule has 0 spiro atoms. The van der Waals surface area contributed by atoms with E-state index in [-0.39, 0.29) is 60.0 Å². The van der Waals surface area contributed by atoms with Crippen molar-refractivity contribution in [3.63, 3.8) is 0 Å². The van der Waals surface area contributed by atoms with Crippen molar-refractivity contribution in [2.24, 2.45) is 0 Å². The number of carbonyl (C=O) groups excluding carboxylic acids is 4. The summed E-state index contributed by atoms with van der Waals surface area (Å²) in [4.78, 5) is 83.5. The van der Waals surface area contributed by atoms with Crippen molar-refractivity contribution >= 4 is 140 Å². The maximum atomic E-state index is 14.6. The van der Waals surface area contributed by atoms with Crippen LogP contribution < -0.4 is 51.3 Å². The van der Waals surface area contributed by atoms with Crippen LogP contribution in [-0.2, 0) is 17.9 Å². The summed E-state index contributed by atoms with van der Waals surface area (Å²) in [6.45, 7) is 5.04. The number of amides is 5. The Morgan fingerprint density at radius 2 is 1.22 bits per heavy atom. The fourth-order valence-electron chi connectivity index (χ4n) is 10.1. The summed E-state index contributed by atoms with van der Waals surface area (Å²) >= 11 is 28.7. The first-order valence-corrected chi connectivity index (χ1v) is 29.1. The van der Waals surface area contributed by atoms with E-state index in [0.717, 1.165) is 74.4 Å². The van der Waals surface area contributed by atoms with Gasteiger partial charge in [-0.25, -0.2) is 35.2 Å². The van der Waals surface area contributed by atoms with Gasteiger partial charge in [0.15, 0.2) is 0 Å². The molecule has 0 unspecified atom stereocenters. The molecule has 10 rings (SSSR count). The number of halogens is 4. The smallest absolute Gasteiger partial charge is 0.334 e. The minimum atomic E-state index is -0.576. The number of thioether (sulfide) groups is 2. The number of urea groups is 1. The fraction of sp³-hybridized carbons (Fsp3) is 0.333. The first kappa shape index (κ1) is 56.0. The predicted octanol–water partition coefficient (Wildman–Crippen LogP) is 9.95. The molecule has 6 heterocycles. The van der Waals surface area contributed by atoms with Gasteiger partial charge in [-0.15, -0.1) is 0 Å². The molecule has 25 heteroatoms. The Morgan fingerprint density at radius 3 is 1.78 bits per heavy atom. The molecule has 4 aliphatic heterocycles. The van der Waals surface area contributed by atoms with E-state index in [4.69, 9.17) is 61.4 Å². The molecule has 2 fully saturated rings. The minimum absolute atomic E-state index is 0.0908. The van der Waals surface area contributed by atoms with Crippen LogP contribution in [0.1, 0.15) is 64.4 Å². The van der Waals surface area contributed by atoms with E-state index >= 15 is 0 Å². The van der Waals surface area contributed by atoms with Gasteiger partial charge in [-0.1, -0.05) is 82.1 Å². The Balaban J connectivity index is 0.938. The standard InChI is InChI=1S/C54H57Cl4N15O4S2/c1-31(74)60-25-33-24-37(12-14-45(33)70-21-17-36(18-22-70)68(3)4)73(53-62-28-39-49(66-53)79-30-72(51(39)76)47-42(57)9-6-10-43(47)58)67-54(77)63-26-32-23-35(11-13-44(32)69-19-15-34(59-2)16-20-69)64-52-61-27-38-48(65-52)78-29-71(50(38)75)46-40(55)7-5-8-41(46)56/h5-14,23-24,27-28,34,36,59H,15-22,25-26,29-30H2,1-4H3,(H,60,74)(H,61,64,65)(H2,63,67,77). The second-order valence-electron chi connectivity index (χ2n) is 19.5. The molecule has 79 heavy (non-hydrogen) atoms. The van der Waals surface area contributed by atoms with Crippen LogP contribution in [0.25, 0.3) is 0 Å². The maximum absolute atomic E-state index is 14.6. The molecule has 412 valence electrons. The van der Waals surface area contributed by atoms with Gasteiger partial charge >= 0.3 is 6.03 Å². The van der Waals surface area contributed by atoms with Gasteiger partial charge in [0.25, 0.3) is 11.8 Å². The first-order valence-electron chi connectivity index (χ1n) is 25.6. The molecule has 0 saturated carbocycles. The lowest BCUT2D eigenvalue weighted by molar-refractivity contribution is -0.119. The molecule has 4 aromatic carbocycles. The van der Waals surface area contributed by atoms with Gasteiger partial charge in [0.2, 0.25) is 17.8 Å². The molecule has 2 saturated heterocycles. The number of nitrogens with zero attached hydrogens (tertiary/aromatic N) is 10. The molecule has 6 aromatic rings. The number of hydrogen-bond acceptors (Lipinski definition) is 16. The summed E-state index contributed by atoms with van der Waals surface area (Å²) in [5, 5.41) is 16.6. The van der Waals surface area contributed by atoms with Crippen LogP contribution >= 0.6 is 69.9 Å². The number of aromatic nitrogens is 4. The van der Waals surface area contributed by atoms with Gasteiger partial charge in [-0.2, -0.15) is 0 Å². The lowest BCUT2D eigenvalue weighted by Crippen LogP contribution is -2.46. The molecule has 0 aliphatic carbocycles. The Bertz CT molecular complexity index is 3270. The average molecular weight is 1190 g/mol. The van der Waals surface area contributed by atoms with Crippen LogP contribution in [0, 0.1) is 0 Å². The van der Waals surface area contributed by atoms with Crippen LogP contribution in [-0.4, -0.2) is 120 Å². The molecule has 0 atom stereocenters.